The van der Waals surface area contributed by atoms with Gasteiger partial charge in [0.2, 0.25) is 0 Å². The summed E-state index contributed by atoms with van der Waals surface area (Å²) < 4.78 is 0. The van der Waals surface area contributed by atoms with Crippen LogP contribution in [0.15, 0.2) is 18.2 Å². The van der Waals surface area contributed by atoms with Gasteiger partial charge in [0.25, 0.3) is 0 Å². The molecule has 1 aromatic carbocycles. The Kier molecular flexibility index (Phi) is 4.47. The third kappa shape index (κ3) is 3.23. The van der Waals surface area contributed by atoms with Gasteiger partial charge in [-0.2, -0.15) is 0 Å². The first-order valence-corrected chi connectivity index (χ1v) is 7.02. The van der Waals surface area contributed by atoms with Crippen LogP contribution in [0.4, 0.5) is 0 Å². The fraction of sp³-hybridized carbons (Fsp3) is 0.600. The molecule has 0 spiro atoms. The zero-order valence-corrected chi connectivity index (χ0v) is 11.6. The molecule has 1 nitrogen and oxygen atoms in total. The van der Waals surface area contributed by atoms with E-state index in [0.29, 0.717) is 6.04 Å². The largest absolute Gasteiger partial charge is 0.313 e. The Morgan fingerprint density at radius 2 is 2.06 bits per heavy atom. The minimum Gasteiger partial charge on any atom is -0.313 e. The molecule has 1 aromatic rings. The van der Waals surface area contributed by atoms with Gasteiger partial charge in [0.1, 0.15) is 0 Å². The van der Waals surface area contributed by atoms with Crippen LogP contribution < -0.4 is 5.32 Å². The van der Waals surface area contributed by atoms with Crippen LogP contribution in [0.5, 0.6) is 0 Å². The average molecular weight is 252 g/mol. The smallest absolute Gasteiger partial charge is 0.0409 e. The van der Waals surface area contributed by atoms with Crippen LogP contribution in [-0.2, 0) is 0 Å². The quantitative estimate of drug-likeness (QED) is 0.832. The Morgan fingerprint density at radius 1 is 1.35 bits per heavy atom. The first-order chi connectivity index (χ1) is 8.20. The molecule has 0 radical (unpaired) electrons. The molecule has 0 amide bonds. The molecule has 1 N–H and O–H groups in total. The normalized spacial score (nSPS) is 18.5. The van der Waals surface area contributed by atoms with Gasteiger partial charge in [0, 0.05) is 11.1 Å². The SMILES string of the molecule is CNC(CC1CCCC1)c1cc(Cl)ccc1C. The lowest BCUT2D eigenvalue weighted by atomic mass is 9.91. The summed E-state index contributed by atoms with van der Waals surface area (Å²) in [6.45, 7) is 2.17. The third-order valence-electron chi connectivity index (χ3n) is 4.01. The molecule has 1 unspecified atom stereocenters. The summed E-state index contributed by atoms with van der Waals surface area (Å²) >= 11 is 6.11. The minimum absolute atomic E-state index is 0.455. The molecule has 2 rings (SSSR count). The lowest BCUT2D eigenvalue weighted by Crippen LogP contribution is -2.20. The van der Waals surface area contributed by atoms with Crippen LogP contribution in [0, 0.1) is 12.8 Å². The van der Waals surface area contributed by atoms with E-state index < -0.39 is 0 Å². The van der Waals surface area contributed by atoms with Gasteiger partial charge in [-0.05, 0) is 49.6 Å². The molecule has 1 fully saturated rings. The topological polar surface area (TPSA) is 12.0 Å². The van der Waals surface area contributed by atoms with Crippen LogP contribution in [0.25, 0.3) is 0 Å². The van der Waals surface area contributed by atoms with Gasteiger partial charge in [0.05, 0.1) is 0 Å². The van der Waals surface area contributed by atoms with Crippen molar-refractivity contribution in [2.24, 2.45) is 5.92 Å². The van der Waals surface area contributed by atoms with Crippen molar-refractivity contribution < 1.29 is 0 Å². The summed E-state index contributed by atoms with van der Waals surface area (Å²) in [7, 11) is 2.06. The molecule has 2 heteroatoms. The monoisotopic (exact) mass is 251 g/mol. The van der Waals surface area contributed by atoms with E-state index in [1.165, 1.54) is 43.2 Å². The van der Waals surface area contributed by atoms with Gasteiger partial charge in [0.15, 0.2) is 0 Å². The second-order valence-electron chi connectivity index (χ2n) is 5.23. The van der Waals surface area contributed by atoms with Crippen LogP contribution >= 0.6 is 11.6 Å². The van der Waals surface area contributed by atoms with Crippen molar-refractivity contribution in [2.75, 3.05) is 7.05 Å². The van der Waals surface area contributed by atoms with E-state index in [2.05, 4.69) is 31.4 Å². The average Bonchev–Trinajstić information content (AvgIpc) is 2.82. The van der Waals surface area contributed by atoms with Crippen molar-refractivity contribution in [3.8, 4) is 0 Å². The number of benzene rings is 1. The Morgan fingerprint density at radius 3 is 2.71 bits per heavy atom. The van der Waals surface area contributed by atoms with Gasteiger partial charge in [-0.15, -0.1) is 0 Å². The summed E-state index contributed by atoms with van der Waals surface area (Å²) in [5.41, 5.74) is 2.71. The van der Waals surface area contributed by atoms with E-state index in [1.54, 1.807) is 0 Å². The molecule has 0 aliphatic heterocycles. The first-order valence-electron chi connectivity index (χ1n) is 6.64. The van der Waals surface area contributed by atoms with Gasteiger partial charge >= 0.3 is 0 Å². The number of hydrogen-bond donors (Lipinski definition) is 1. The lowest BCUT2D eigenvalue weighted by Gasteiger charge is -2.22. The summed E-state index contributed by atoms with van der Waals surface area (Å²) in [6.07, 6.45) is 6.87. The maximum Gasteiger partial charge on any atom is 0.0409 e. The molecule has 0 heterocycles. The predicted molar refractivity (Wildman–Crippen MR) is 74.6 cm³/mol. The van der Waals surface area contributed by atoms with Gasteiger partial charge < -0.3 is 5.32 Å². The molecular formula is C15H22ClN. The number of halogens is 1. The molecule has 1 saturated carbocycles. The van der Waals surface area contributed by atoms with Gasteiger partial charge in [-0.25, -0.2) is 0 Å². The van der Waals surface area contributed by atoms with Crippen LogP contribution in [-0.4, -0.2) is 7.05 Å². The molecule has 1 aliphatic rings. The fourth-order valence-electron chi connectivity index (χ4n) is 2.97. The summed E-state index contributed by atoms with van der Waals surface area (Å²) in [5.74, 6) is 0.894. The maximum atomic E-state index is 6.11. The van der Waals surface area contributed by atoms with Crippen molar-refractivity contribution in [2.45, 2.75) is 45.1 Å². The first kappa shape index (κ1) is 12.9. The molecule has 0 aromatic heterocycles. The molecule has 94 valence electrons. The molecule has 0 bridgehead atoms. The van der Waals surface area contributed by atoms with E-state index in [9.17, 15) is 0 Å². The van der Waals surface area contributed by atoms with Crippen molar-refractivity contribution in [1.82, 2.24) is 5.32 Å². The minimum atomic E-state index is 0.455. The summed E-state index contributed by atoms with van der Waals surface area (Å²) in [6, 6.07) is 6.67. The maximum absolute atomic E-state index is 6.11. The van der Waals surface area contributed by atoms with E-state index in [0.717, 1.165) is 10.9 Å². The Balaban J connectivity index is 2.13. The second-order valence-corrected chi connectivity index (χ2v) is 5.66. The van der Waals surface area contributed by atoms with Crippen molar-refractivity contribution >= 4 is 11.6 Å². The highest BCUT2D eigenvalue weighted by atomic mass is 35.5. The van der Waals surface area contributed by atoms with Crippen molar-refractivity contribution in [3.63, 3.8) is 0 Å². The predicted octanol–water partition coefficient (Wildman–Crippen LogP) is 4.49. The standard InChI is InChI=1S/C15H22ClN/c1-11-7-8-13(16)10-14(11)15(17-2)9-12-5-3-4-6-12/h7-8,10,12,15,17H,3-6,9H2,1-2H3. The lowest BCUT2D eigenvalue weighted by molar-refractivity contribution is 0.412. The second kappa shape index (κ2) is 5.88. The van der Waals surface area contributed by atoms with E-state index in [1.807, 2.05) is 6.07 Å². The van der Waals surface area contributed by atoms with Gasteiger partial charge in [-0.3, -0.25) is 0 Å². The van der Waals surface area contributed by atoms with E-state index in [-0.39, 0.29) is 0 Å². The highest BCUT2D eigenvalue weighted by Crippen LogP contribution is 2.34. The number of rotatable bonds is 4. The zero-order chi connectivity index (χ0) is 12.3. The molecule has 1 aliphatic carbocycles. The van der Waals surface area contributed by atoms with E-state index >= 15 is 0 Å². The van der Waals surface area contributed by atoms with Crippen LogP contribution in [0.3, 0.4) is 0 Å². The van der Waals surface area contributed by atoms with E-state index in [4.69, 9.17) is 11.6 Å². The zero-order valence-electron chi connectivity index (χ0n) is 10.8. The van der Waals surface area contributed by atoms with Crippen molar-refractivity contribution in [3.05, 3.63) is 34.3 Å². The Labute approximate surface area is 110 Å². The highest BCUT2D eigenvalue weighted by Gasteiger charge is 2.21. The summed E-state index contributed by atoms with van der Waals surface area (Å²) in [5, 5.41) is 4.30. The highest BCUT2D eigenvalue weighted by molar-refractivity contribution is 6.30. The summed E-state index contributed by atoms with van der Waals surface area (Å²) in [4.78, 5) is 0. The van der Waals surface area contributed by atoms with Gasteiger partial charge in [-0.1, -0.05) is 43.4 Å². The number of aryl methyl sites for hydroxylation is 1. The number of hydrogen-bond acceptors (Lipinski definition) is 1. The van der Waals surface area contributed by atoms with Crippen molar-refractivity contribution in [1.29, 1.82) is 0 Å². The molecular weight excluding hydrogens is 230 g/mol. The third-order valence-corrected chi connectivity index (χ3v) is 4.24. The Bertz CT molecular complexity index is 369. The number of nitrogens with one attached hydrogen (secondary N) is 1. The van der Waals surface area contributed by atoms with Crippen LogP contribution in [0.2, 0.25) is 5.02 Å². The molecule has 0 saturated heterocycles. The van der Waals surface area contributed by atoms with Crippen LogP contribution in [0.1, 0.15) is 49.3 Å². The Hall–Kier alpha value is -0.530. The fourth-order valence-corrected chi connectivity index (χ4v) is 3.15. The molecule has 1 atom stereocenters. The molecule has 17 heavy (non-hydrogen) atoms.